The third-order valence-corrected chi connectivity index (χ3v) is 5.83. The normalized spacial score (nSPS) is 19.4. The lowest BCUT2D eigenvalue weighted by Crippen LogP contribution is -2.29. The van der Waals surface area contributed by atoms with Gasteiger partial charge in [-0.25, -0.2) is 0 Å². The molecule has 27 heavy (non-hydrogen) atoms. The van der Waals surface area contributed by atoms with Gasteiger partial charge in [0.2, 0.25) is 0 Å². The summed E-state index contributed by atoms with van der Waals surface area (Å²) in [5.74, 6) is 0. The van der Waals surface area contributed by atoms with Crippen LogP contribution in [-0.2, 0) is 7.05 Å². The number of nitrogens with zero attached hydrogens (tertiary/aromatic N) is 3. The first kappa shape index (κ1) is 17.7. The van der Waals surface area contributed by atoms with Gasteiger partial charge in [-0.2, -0.15) is 0 Å². The molecule has 0 radical (unpaired) electrons. The molecule has 0 bridgehead atoms. The molecule has 4 rings (SSSR count). The SMILES string of the molecule is Cc1cccc(N2C(=S)NC(c3ccccn3)C2c2cc(C)n(C)c2C)c1. The molecule has 0 spiro atoms. The van der Waals surface area contributed by atoms with E-state index in [1.165, 1.54) is 22.5 Å². The highest BCUT2D eigenvalue weighted by molar-refractivity contribution is 7.80. The van der Waals surface area contributed by atoms with Crippen LogP contribution in [0.3, 0.4) is 0 Å². The Labute approximate surface area is 165 Å². The number of benzene rings is 1. The Balaban J connectivity index is 1.89. The fraction of sp³-hybridized carbons (Fsp3) is 0.273. The first-order valence-corrected chi connectivity index (χ1v) is 9.58. The third kappa shape index (κ3) is 3.02. The Kier molecular flexibility index (Phi) is 4.48. The standard InChI is InChI=1S/C22H24N4S/c1-14-8-7-9-17(12-14)26-21(18-13-15(2)25(4)16(18)3)20(24-22(26)27)19-10-5-6-11-23-19/h5-13,20-21H,1-4H3,(H,24,27). The molecule has 4 nitrogen and oxygen atoms in total. The molecular formula is C22H24N4S. The molecule has 1 fully saturated rings. The second kappa shape index (κ2) is 6.82. The van der Waals surface area contributed by atoms with E-state index in [-0.39, 0.29) is 12.1 Å². The van der Waals surface area contributed by atoms with E-state index < -0.39 is 0 Å². The van der Waals surface area contributed by atoms with Crippen LogP contribution >= 0.6 is 12.2 Å². The number of hydrogen-bond donors (Lipinski definition) is 1. The molecular weight excluding hydrogens is 352 g/mol. The lowest BCUT2D eigenvalue weighted by molar-refractivity contribution is 0.564. The second-order valence-corrected chi connectivity index (χ2v) is 7.61. The van der Waals surface area contributed by atoms with E-state index in [0.717, 1.165) is 16.5 Å². The molecule has 1 N–H and O–H groups in total. The minimum atomic E-state index is -0.000266. The van der Waals surface area contributed by atoms with Crippen molar-refractivity contribution < 1.29 is 0 Å². The third-order valence-electron chi connectivity index (χ3n) is 5.51. The van der Waals surface area contributed by atoms with Crippen LogP contribution in [0.4, 0.5) is 5.69 Å². The predicted molar refractivity (Wildman–Crippen MR) is 114 cm³/mol. The van der Waals surface area contributed by atoms with E-state index in [1.807, 2.05) is 18.3 Å². The summed E-state index contributed by atoms with van der Waals surface area (Å²) in [7, 11) is 2.11. The van der Waals surface area contributed by atoms with Gasteiger partial charge in [0.15, 0.2) is 5.11 Å². The van der Waals surface area contributed by atoms with Gasteiger partial charge in [0.1, 0.15) is 0 Å². The molecule has 1 aromatic carbocycles. The molecule has 0 amide bonds. The van der Waals surface area contributed by atoms with Crippen molar-refractivity contribution >= 4 is 23.0 Å². The van der Waals surface area contributed by atoms with E-state index in [2.05, 4.69) is 84.0 Å². The van der Waals surface area contributed by atoms with Gasteiger partial charge in [0, 0.05) is 30.3 Å². The number of pyridine rings is 1. The molecule has 138 valence electrons. The molecule has 3 aromatic rings. The van der Waals surface area contributed by atoms with Gasteiger partial charge in [-0.3, -0.25) is 4.98 Å². The fourth-order valence-corrected chi connectivity index (χ4v) is 4.26. The number of aryl methyl sites for hydroxylation is 2. The minimum Gasteiger partial charge on any atom is -0.352 e. The maximum atomic E-state index is 5.78. The number of hydrogen-bond acceptors (Lipinski definition) is 2. The van der Waals surface area contributed by atoms with E-state index in [4.69, 9.17) is 12.2 Å². The van der Waals surface area contributed by atoms with Crippen molar-refractivity contribution in [3.05, 3.63) is 82.9 Å². The summed E-state index contributed by atoms with van der Waals surface area (Å²) in [4.78, 5) is 6.86. The molecule has 0 aliphatic carbocycles. The number of anilines is 1. The van der Waals surface area contributed by atoms with Crippen LogP contribution in [-0.4, -0.2) is 14.7 Å². The first-order valence-electron chi connectivity index (χ1n) is 9.17. The average Bonchev–Trinajstić information content (AvgIpc) is 3.14. The molecule has 2 atom stereocenters. The minimum absolute atomic E-state index is 0.000266. The van der Waals surface area contributed by atoms with E-state index >= 15 is 0 Å². The summed E-state index contributed by atoms with van der Waals surface area (Å²) in [6.45, 7) is 6.43. The molecule has 2 unspecified atom stereocenters. The number of nitrogens with one attached hydrogen (secondary N) is 1. The average molecular weight is 377 g/mol. The molecule has 2 aromatic heterocycles. The van der Waals surface area contributed by atoms with E-state index in [0.29, 0.717) is 0 Å². The fourth-order valence-electron chi connectivity index (χ4n) is 3.91. The maximum Gasteiger partial charge on any atom is 0.174 e. The highest BCUT2D eigenvalue weighted by Gasteiger charge is 2.42. The Morgan fingerprint density at radius 2 is 1.85 bits per heavy atom. The van der Waals surface area contributed by atoms with Crippen molar-refractivity contribution in [3.63, 3.8) is 0 Å². The summed E-state index contributed by atoms with van der Waals surface area (Å²) in [6, 6.07) is 16.9. The van der Waals surface area contributed by atoms with Gasteiger partial charge in [-0.15, -0.1) is 0 Å². The lowest BCUT2D eigenvalue weighted by atomic mass is 9.96. The largest absolute Gasteiger partial charge is 0.352 e. The van der Waals surface area contributed by atoms with Crippen LogP contribution in [0, 0.1) is 20.8 Å². The van der Waals surface area contributed by atoms with Crippen molar-refractivity contribution in [2.24, 2.45) is 7.05 Å². The van der Waals surface area contributed by atoms with Crippen molar-refractivity contribution in [2.75, 3.05) is 4.90 Å². The van der Waals surface area contributed by atoms with Gasteiger partial charge >= 0.3 is 0 Å². The van der Waals surface area contributed by atoms with Crippen molar-refractivity contribution in [2.45, 2.75) is 32.9 Å². The lowest BCUT2D eigenvalue weighted by Gasteiger charge is -2.28. The second-order valence-electron chi connectivity index (χ2n) is 7.22. The molecule has 1 aliphatic rings. The molecule has 5 heteroatoms. The Morgan fingerprint density at radius 1 is 1.04 bits per heavy atom. The number of aromatic nitrogens is 2. The Morgan fingerprint density at radius 3 is 2.48 bits per heavy atom. The zero-order chi connectivity index (χ0) is 19.1. The van der Waals surface area contributed by atoms with Crippen LogP contribution in [0.1, 0.15) is 40.3 Å². The summed E-state index contributed by atoms with van der Waals surface area (Å²) in [6.07, 6.45) is 1.84. The van der Waals surface area contributed by atoms with Crippen LogP contribution in [0.15, 0.2) is 54.7 Å². The Hall–Kier alpha value is -2.66. The van der Waals surface area contributed by atoms with Crippen molar-refractivity contribution in [1.82, 2.24) is 14.9 Å². The van der Waals surface area contributed by atoms with Crippen LogP contribution in [0.5, 0.6) is 0 Å². The topological polar surface area (TPSA) is 33.1 Å². The van der Waals surface area contributed by atoms with E-state index in [1.54, 1.807) is 0 Å². The van der Waals surface area contributed by atoms with Crippen LogP contribution < -0.4 is 10.2 Å². The highest BCUT2D eigenvalue weighted by Crippen LogP contribution is 2.43. The van der Waals surface area contributed by atoms with E-state index in [9.17, 15) is 0 Å². The molecule has 1 saturated heterocycles. The Bertz CT molecular complexity index is 993. The quantitative estimate of drug-likeness (QED) is 0.681. The van der Waals surface area contributed by atoms with Crippen LogP contribution in [0.2, 0.25) is 0 Å². The summed E-state index contributed by atoms with van der Waals surface area (Å²) in [5.41, 5.74) is 7.10. The van der Waals surface area contributed by atoms with Crippen LogP contribution in [0.25, 0.3) is 0 Å². The smallest absolute Gasteiger partial charge is 0.174 e. The summed E-state index contributed by atoms with van der Waals surface area (Å²) in [5, 5.41) is 4.27. The summed E-state index contributed by atoms with van der Waals surface area (Å²) < 4.78 is 2.24. The monoisotopic (exact) mass is 376 g/mol. The number of rotatable bonds is 3. The molecule has 0 saturated carbocycles. The van der Waals surface area contributed by atoms with Gasteiger partial charge < -0.3 is 14.8 Å². The highest BCUT2D eigenvalue weighted by atomic mass is 32.1. The van der Waals surface area contributed by atoms with Gasteiger partial charge in [-0.05, 0) is 74.4 Å². The predicted octanol–water partition coefficient (Wildman–Crippen LogP) is 4.52. The summed E-state index contributed by atoms with van der Waals surface area (Å²) >= 11 is 5.78. The van der Waals surface area contributed by atoms with Crippen molar-refractivity contribution in [1.29, 1.82) is 0 Å². The van der Waals surface area contributed by atoms with Gasteiger partial charge in [0.05, 0.1) is 17.8 Å². The zero-order valence-electron chi connectivity index (χ0n) is 16.1. The van der Waals surface area contributed by atoms with Gasteiger partial charge in [-0.1, -0.05) is 18.2 Å². The first-order chi connectivity index (χ1) is 13.0. The molecule has 3 heterocycles. The zero-order valence-corrected chi connectivity index (χ0v) is 16.9. The molecule has 1 aliphatic heterocycles. The number of thiocarbonyl (C=S) groups is 1. The maximum absolute atomic E-state index is 5.78. The van der Waals surface area contributed by atoms with Crippen molar-refractivity contribution in [3.8, 4) is 0 Å². The van der Waals surface area contributed by atoms with Gasteiger partial charge in [0.25, 0.3) is 0 Å².